The average Bonchev–Trinajstić information content (AvgIpc) is 2.69. The van der Waals surface area contributed by atoms with E-state index < -0.39 is 41.6 Å². The van der Waals surface area contributed by atoms with Gasteiger partial charge in [-0.1, -0.05) is 18.2 Å². The predicted octanol–water partition coefficient (Wildman–Crippen LogP) is 2.42. The fourth-order valence-electron chi connectivity index (χ4n) is 2.17. The number of para-hydroxylation sites is 1. The summed E-state index contributed by atoms with van der Waals surface area (Å²) in [6.07, 6.45) is -1.30. The Bertz CT molecular complexity index is 876. The van der Waals surface area contributed by atoms with Crippen LogP contribution < -0.4 is 15.4 Å². The predicted molar refractivity (Wildman–Crippen MR) is 100 cm³/mol. The maximum absolute atomic E-state index is 13.6. The minimum atomic E-state index is -1.30. The Kier molecular flexibility index (Phi) is 7.64. The van der Waals surface area contributed by atoms with Gasteiger partial charge in [0.25, 0.3) is 11.8 Å². The number of nitrogens with one attached hydrogen (secondary N) is 2. The largest absolute Gasteiger partial charge is 0.484 e. The Morgan fingerprint density at radius 3 is 2.41 bits per heavy atom. The molecule has 0 bridgehead atoms. The highest BCUT2D eigenvalue weighted by Gasteiger charge is 2.24. The monoisotopic (exact) mass is 406 g/mol. The highest BCUT2D eigenvalue weighted by Crippen LogP contribution is 2.16. The summed E-state index contributed by atoms with van der Waals surface area (Å²) in [5.74, 6) is -3.36. The van der Waals surface area contributed by atoms with E-state index >= 15 is 0 Å². The minimum absolute atomic E-state index is 0.309. The number of halogens is 2. The first kappa shape index (κ1) is 21.8. The van der Waals surface area contributed by atoms with Crippen molar-refractivity contribution in [3.05, 3.63) is 60.2 Å². The van der Waals surface area contributed by atoms with Gasteiger partial charge < -0.3 is 20.1 Å². The summed E-state index contributed by atoms with van der Waals surface area (Å²) in [4.78, 5) is 35.9. The summed E-state index contributed by atoms with van der Waals surface area (Å²) in [6.45, 7) is 2.33. The molecule has 0 saturated carbocycles. The van der Waals surface area contributed by atoms with Crippen molar-refractivity contribution in [3.8, 4) is 5.75 Å². The van der Waals surface area contributed by atoms with E-state index in [9.17, 15) is 23.2 Å². The molecule has 0 heterocycles. The average molecular weight is 406 g/mol. The number of carbonyl (C=O) groups excluding carboxylic acids is 3. The molecular formula is C20H20F2N2O5. The molecule has 2 rings (SSSR count). The molecule has 29 heavy (non-hydrogen) atoms. The van der Waals surface area contributed by atoms with Gasteiger partial charge in [0.15, 0.2) is 12.7 Å². The minimum Gasteiger partial charge on any atom is -0.484 e. The van der Waals surface area contributed by atoms with Crippen LogP contribution in [-0.2, 0) is 19.1 Å². The number of amides is 2. The molecule has 2 amide bonds. The molecule has 0 saturated heterocycles. The number of hydrogen-bond donors (Lipinski definition) is 2. The number of carbonyl (C=O) groups is 3. The summed E-state index contributed by atoms with van der Waals surface area (Å²) in [7, 11) is 0. The van der Waals surface area contributed by atoms with Crippen LogP contribution in [0.3, 0.4) is 0 Å². The molecular weight excluding hydrogens is 386 g/mol. The van der Waals surface area contributed by atoms with Crippen LogP contribution in [0.1, 0.15) is 13.8 Å². The number of ether oxygens (including phenoxy) is 2. The van der Waals surface area contributed by atoms with Crippen LogP contribution in [0.2, 0.25) is 0 Å². The molecule has 9 heteroatoms. The van der Waals surface area contributed by atoms with Crippen molar-refractivity contribution in [1.29, 1.82) is 0 Å². The molecule has 0 aliphatic rings. The van der Waals surface area contributed by atoms with Crippen molar-refractivity contribution in [2.24, 2.45) is 0 Å². The zero-order chi connectivity index (χ0) is 21.4. The summed E-state index contributed by atoms with van der Waals surface area (Å²) in [5.41, 5.74) is -0.377. The van der Waals surface area contributed by atoms with E-state index in [1.54, 1.807) is 30.3 Å². The third-order valence-electron chi connectivity index (χ3n) is 3.69. The lowest BCUT2D eigenvalue weighted by atomic mass is 10.2. The molecule has 0 fully saturated rings. The van der Waals surface area contributed by atoms with Crippen LogP contribution in [0.5, 0.6) is 5.75 Å². The summed E-state index contributed by atoms with van der Waals surface area (Å²) in [6, 6.07) is 10.1. The molecule has 2 aromatic carbocycles. The van der Waals surface area contributed by atoms with Crippen LogP contribution in [0.15, 0.2) is 48.5 Å². The van der Waals surface area contributed by atoms with Crippen molar-refractivity contribution in [2.75, 3.05) is 11.9 Å². The van der Waals surface area contributed by atoms with Gasteiger partial charge in [0, 0.05) is 6.07 Å². The highest BCUT2D eigenvalue weighted by atomic mass is 19.1. The topological polar surface area (TPSA) is 93.7 Å². The maximum Gasteiger partial charge on any atom is 0.329 e. The van der Waals surface area contributed by atoms with E-state index in [4.69, 9.17) is 9.47 Å². The third kappa shape index (κ3) is 6.87. The van der Waals surface area contributed by atoms with E-state index in [-0.39, 0.29) is 12.3 Å². The molecule has 0 aliphatic carbocycles. The van der Waals surface area contributed by atoms with Crippen LogP contribution in [0.4, 0.5) is 14.5 Å². The van der Waals surface area contributed by atoms with Gasteiger partial charge in [-0.25, -0.2) is 13.6 Å². The summed E-state index contributed by atoms with van der Waals surface area (Å²) >= 11 is 0. The van der Waals surface area contributed by atoms with Crippen molar-refractivity contribution in [3.63, 3.8) is 0 Å². The molecule has 2 N–H and O–H groups in total. The second-order valence-corrected chi connectivity index (χ2v) is 6.08. The Hall–Kier alpha value is -3.49. The van der Waals surface area contributed by atoms with Gasteiger partial charge in [0.2, 0.25) is 0 Å². The molecule has 0 unspecified atom stereocenters. The zero-order valence-corrected chi connectivity index (χ0v) is 15.8. The number of benzene rings is 2. The Morgan fingerprint density at radius 2 is 1.72 bits per heavy atom. The molecule has 154 valence electrons. The van der Waals surface area contributed by atoms with E-state index in [1.807, 2.05) is 0 Å². The lowest BCUT2D eigenvalue weighted by molar-refractivity contribution is -0.155. The molecule has 0 spiro atoms. The lowest BCUT2D eigenvalue weighted by Crippen LogP contribution is -2.44. The number of rotatable bonds is 8. The van der Waals surface area contributed by atoms with Gasteiger partial charge in [0.05, 0.1) is 5.69 Å². The van der Waals surface area contributed by atoms with Crippen molar-refractivity contribution >= 4 is 23.5 Å². The summed E-state index contributed by atoms with van der Waals surface area (Å²) < 4.78 is 36.9. The Balaban J connectivity index is 1.80. The first-order valence-electron chi connectivity index (χ1n) is 8.70. The fourth-order valence-corrected chi connectivity index (χ4v) is 2.17. The molecule has 7 nitrogen and oxygen atoms in total. The van der Waals surface area contributed by atoms with E-state index in [2.05, 4.69) is 10.6 Å². The van der Waals surface area contributed by atoms with E-state index in [0.29, 0.717) is 5.75 Å². The SMILES string of the molecule is C[C@H](NC(=O)COc1ccccc1)C(=O)O[C@H](C)C(=O)Nc1cc(F)ccc1F. The quantitative estimate of drug-likeness (QED) is 0.657. The fraction of sp³-hybridized carbons (Fsp3) is 0.250. The normalized spacial score (nSPS) is 12.4. The molecule has 0 radical (unpaired) electrons. The summed E-state index contributed by atoms with van der Waals surface area (Å²) in [5, 5.41) is 4.52. The van der Waals surface area contributed by atoms with Gasteiger partial charge in [-0.3, -0.25) is 9.59 Å². The van der Waals surface area contributed by atoms with Crippen LogP contribution in [-0.4, -0.2) is 36.5 Å². The molecule has 2 atom stereocenters. The smallest absolute Gasteiger partial charge is 0.329 e. The second kappa shape index (κ2) is 10.2. The number of hydrogen-bond acceptors (Lipinski definition) is 5. The van der Waals surface area contributed by atoms with Crippen molar-refractivity contribution in [2.45, 2.75) is 26.0 Å². The number of anilines is 1. The first-order chi connectivity index (χ1) is 13.8. The molecule has 2 aromatic rings. The van der Waals surface area contributed by atoms with Gasteiger partial charge in [-0.15, -0.1) is 0 Å². The lowest BCUT2D eigenvalue weighted by Gasteiger charge is -2.18. The molecule has 0 aromatic heterocycles. The van der Waals surface area contributed by atoms with Crippen molar-refractivity contribution in [1.82, 2.24) is 5.32 Å². The van der Waals surface area contributed by atoms with E-state index in [1.165, 1.54) is 13.8 Å². The second-order valence-electron chi connectivity index (χ2n) is 6.08. The highest BCUT2D eigenvalue weighted by molar-refractivity contribution is 5.95. The van der Waals surface area contributed by atoms with Crippen LogP contribution >= 0.6 is 0 Å². The van der Waals surface area contributed by atoms with Gasteiger partial charge in [0.1, 0.15) is 23.4 Å². The maximum atomic E-state index is 13.6. The van der Waals surface area contributed by atoms with Gasteiger partial charge in [-0.2, -0.15) is 0 Å². The van der Waals surface area contributed by atoms with Crippen LogP contribution in [0.25, 0.3) is 0 Å². The van der Waals surface area contributed by atoms with Crippen molar-refractivity contribution < 1.29 is 32.6 Å². The van der Waals surface area contributed by atoms with Gasteiger partial charge >= 0.3 is 5.97 Å². The standard InChI is InChI=1S/C20H20F2N2O5/c1-12(23-18(25)11-28-15-6-4-3-5-7-15)20(27)29-13(2)19(26)24-17-10-14(21)8-9-16(17)22/h3-10,12-13H,11H2,1-2H3,(H,23,25)(H,24,26)/t12-,13+/m0/s1. The molecule has 0 aliphatic heterocycles. The van der Waals surface area contributed by atoms with Crippen LogP contribution in [0, 0.1) is 11.6 Å². The Morgan fingerprint density at radius 1 is 1.03 bits per heavy atom. The first-order valence-corrected chi connectivity index (χ1v) is 8.70. The Labute approximate surface area is 166 Å². The van der Waals surface area contributed by atoms with E-state index in [0.717, 1.165) is 18.2 Å². The third-order valence-corrected chi connectivity index (χ3v) is 3.69. The zero-order valence-electron chi connectivity index (χ0n) is 15.8. The number of esters is 1. The van der Waals surface area contributed by atoms with Gasteiger partial charge in [-0.05, 0) is 38.1 Å².